The molecule has 1 aromatic carbocycles. The van der Waals surface area contributed by atoms with Crippen molar-refractivity contribution in [3.8, 4) is 22.8 Å². The smallest absolute Gasteiger partial charge is 0.254 e. The normalized spacial score (nSPS) is 10.5. The van der Waals surface area contributed by atoms with Crippen LogP contribution < -0.4 is 15.0 Å². The van der Waals surface area contributed by atoms with E-state index in [9.17, 15) is 4.79 Å². The predicted octanol–water partition coefficient (Wildman–Crippen LogP) is 2.72. The van der Waals surface area contributed by atoms with Gasteiger partial charge in [-0.25, -0.2) is 4.98 Å². The number of aromatic nitrogens is 2. The quantitative estimate of drug-likeness (QED) is 0.918. The molecule has 0 saturated carbocycles. The highest BCUT2D eigenvalue weighted by Crippen LogP contribution is 2.33. The van der Waals surface area contributed by atoms with Gasteiger partial charge in [-0.15, -0.1) is 0 Å². The van der Waals surface area contributed by atoms with Gasteiger partial charge in [-0.1, -0.05) is 6.92 Å². The van der Waals surface area contributed by atoms with E-state index < -0.39 is 0 Å². The van der Waals surface area contributed by atoms with E-state index in [4.69, 9.17) is 9.47 Å². The molecule has 2 rings (SSSR count). The molecule has 0 amide bonds. The third-order valence-corrected chi connectivity index (χ3v) is 3.35. The maximum absolute atomic E-state index is 12.1. The SMILES string of the molecule is CCCc1nc(-c2cc(OC)ccc2OC)c(C)c(=O)[nH]1. The molecule has 1 aromatic heterocycles. The topological polar surface area (TPSA) is 64.2 Å². The second-order valence-electron chi connectivity index (χ2n) is 4.80. The Morgan fingerprint density at radius 3 is 2.62 bits per heavy atom. The van der Waals surface area contributed by atoms with Crippen molar-refractivity contribution in [2.45, 2.75) is 26.7 Å². The Labute approximate surface area is 124 Å². The Bertz CT molecular complexity index is 692. The minimum absolute atomic E-state index is 0.117. The number of methoxy groups -OCH3 is 2. The van der Waals surface area contributed by atoms with Crippen molar-refractivity contribution < 1.29 is 9.47 Å². The Kier molecular flexibility index (Phi) is 4.62. The summed E-state index contributed by atoms with van der Waals surface area (Å²) in [6, 6.07) is 5.47. The second-order valence-corrected chi connectivity index (χ2v) is 4.80. The molecule has 112 valence electrons. The first kappa shape index (κ1) is 15.1. The number of benzene rings is 1. The molecule has 1 heterocycles. The molecule has 0 unspecified atom stereocenters. The molecule has 0 aliphatic heterocycles. The highest BCUT2D eigenvalue weighted by molar-refractivity contribution is 5.71. The average molecular weight is 288 g/mol. The maximum Gasteiger partial charge on any atom is 0.254 e. The fourth-order valence-corrected chi connectivity index (χ4v) is 2.20. The van der Waals surface area contributed by atoms with Crippen LogP contribution in [0.3, 0.4) is 0 Å². The summed E-state index contributed by atoms with van der Waals surface area (Å²) in [4.78, 5) is 19.5. The van der Waals surface area contributed by atoms with Crippen molar-refractivity contribution in [1.29, 1.82) is 0 Å². The van der Waals surface area contributed by atoms with Gasteiger partial charge in [0.15, 0.2) is 0 Å². The first-order valence-corrected chi connectivity index (χ1v) is 6.92. The molecule has 0 fully saturated rings. The minimum Gasteiger partial charge on any atom is -0.497 e. The third-order valence-electron chi connectivity index (χ3n) is 3.35. The van der Waals surface area contributed by atoms with Crippen LogP contribution in [-0.2, 0) is 6.42 Å². The van der Waals surface area contributed by atoms with Gasteiger partial charge in [-0.2, -0.15) is 0 Å². The first-order chi connectivity index (χ1) is 10.1. The number of aryl methyl sites for hydroxylation is 1. The van der Waals surface area contributed by atoms with Gasteiger partial charge < -0.3 is 14.5 Å². The fourth-order valence-electron chi connectivity index (χ4n) is 2.20. The van der Waals surface area contributed by atoms with Crippen molar-refractivity contribution in [1.82, 2.24) is 9.97 Å². The van der Waals surface area contributed by atoms with Gasteiger partial charge in [-0.05, 0) is 31.5 Å². The van der Waals surface area contributed by atoms with Gasteiger partial charge in [-0.3, -0.25) is 4.79 Å². The zero-order valence-corrected chi connectivity index (χ0v) is 12.8. The van der Waals surface area contributed by atoms with Crippen LogP contribution in [0.2, 0.25) is 0 Å². The van der Waals surface area contributed by atoms with Crippen LogP contribution in [0, 0.1) is 6.92 Å². The van der Waals surface area contributed by atoms with E-state index in [0.717, 1.165) is 18.4 Å². The van der Waals surface area contributed by atoms with E-state index >= 15 is 0 Å². The lowest BCUT2D eigenvalue weighted by molar-refractivity contribution is 0.404. The van der Waals surface area contributed by atoms with E-state index in [2.05, 4.69) is 9.97 Å². The molecule has 0 atom stereocenters. The van der Waals surface area contributed by atoms with E-state index in [1.54, 1.807) is 21.1 Å². The molecular weight excluding hydrogens is 268 g/mol. The lowest BCUT2D eigenvalue weighted by Gasteiger charge is -2.12. The van der Waals surface area contributed by atoms with E-state index in [1.165, 1.54) is 0 Å². The fraction of sp³-hybridized carbons (Fsp3) is 0.375. The number of rotatable bonds is 5. The highest BCUT2D eigenvalue weighted by atomic mass is 16.5. The standard InChI is InChI=1S/C16H20N2O3/c1-5-6-14-17-15(10(2)16(19)18-14)12-9-11(20-3)7-8-13(12)21-4/h7-9H,5-6H2,1-4H3,(H,17,18,19). The van der Waals surface area contributed by atoms with Crippen LogP contribution in [0.5, 0.6) is 11.5 Å². The highest BCUT2D eigenvalue weighted by Gasteiger charge is 2.15. The largest absolute Gasteiger partial charge is 0.497 e. The van der Waals surface area contributed by atoms with Crippen LogP contribution in [0.25, 0.3) is 11.3 Å². The molecule has 0 radical (unpaired) electrons. The van der Waals surface area contributed by atoms with Crippen LogP contribution in [-0.4, -0.2) is 24.2 Å². The Morgan fingerprint density at radius 2 is 2.00 bits per heavy atom. The number of nitrogens with zero attached hydrogens (tertiary/aromatic N) is 1. The van der Waals surface area contributed by atoms with Crippen molar-refractivity contribution in [3.05, 3.63) is 39.9 Å². The summed E-state index contributed by atoms with van der Waals surface area (Å²) >= 11 is 0. The predicted molar refractivity (Wildman–Crippen MR) is 82.1 cm³/mol. The molecule has 21 heavy (non-hydrogen) atoms. The maximum atomic E-state index is 12.1. The molecule has 0 bridgehead atoms. The zero-order chi connectivity index (χ0) is 15.4. The van der Waals surface area contributed by atoms with Crippen molar-refractivity contribution in [3.63, 3.8) is 0 Å². The molecule has 0 spiro atoms. The van der Waals surface area contributed by atoms with Crippen molar-refractivity contribution >= 4 is 0 Å². The molecule has 0 aliphatic rings. The second kappa shape index (κ2) is 6.43. The molecular formula is C16H20N2O3. The molecule has 5 heteroatoms. The summed E-state index contributed by atoms with van der Waals surface area (Å²) in [7, 11) is 3.20. The Hall–Kier alpha value is -2.30. The van der Waals surface area contributed by atoms with Gasteiger partial charge in [0.2, 0.25) is 0 Å². The number of ether oxygens (including phenoxy) is 2. The summed E-state index contributed by atoms with van der Waals surface area (Å²) in [5.74, 6) is 2.05. The number of aromatic amines is 1. The summed E-state index contributed by atoms with van der Waals surface area (Å²) in [6.45, 7) is 3.81. The number of H-pyrrole nitrogens is 1. The Balaban J connectivity index is 2.67. The average Bonchev–Trinajstić information content (AvgIpc) is 2.50. The number of hydrogen-bond acceptors (Lipinski definition) is 4. The van der Waals surface area contributed by atoms with E-state index in [0.29, 0.717) is 28.6 Å². The zero-order valence-electron chi connectivity index (χ0n) is 12.8. The lowest BCUT2D eigenvalue weighted by Crippen LogP contribution is -2.16. The monoisotopic (exact) mass is 288 g/mol. The summed E-state index contributed by atoms with van der Waals surface area (Å²) in [6.07, 6.45) is 1.65. The van der Waals surface area contributed by atoms with Crippen molar-refractivity contribution in [2.75, 3.05) is 14.2 Å². The van der Waals surface area contributed by atoms with Crippen LogP contribution >= 0.6 is 0 Å². The summed E-state index contributed by atoms with van der Waals surface area (Å²) < 4.78 is 10.6. The summed E-state index contributed by atoms with van der Waals surface area (Å²) in [5, 5.41) is 0. The molecule has 1 N–H and O–H groups in total. The first-order valence-electron chi connectivity index (χ1n) is 6.92. The van der Waals surface area contributed by atoms with Crippen molar-refractivity contribution in [2.24, 2.45) is 0 Å². The van der Waals surface area contributed by atoms with Crippen LogP contribution in [0.4, 0.5) is 0 Å². The summed E-state index contributed by atoms with van der Waals surface area (Å²) in [5.41, 5.74) is 1.85. The minimum atomic E-state index is -0.117. The molecule has 0 saturated heterocycles. The lowest BCUT2D eigenvalue weighted by atomic mass is 10.1. The van der Waals surface area contributed by atoms with Gasteiger partial charge >= 0.3 is 0 Å². The van der Waals surface area contributed by atoms with Gasteiger partial charge in [0.05, 0.1) is 19.9 Å². The molecule has 5 nitrogen and oxygen atoms in total. The number of nitrogens with one attached hydrogen (secondary N) is 1. The van der Waals surface area contributed by atoms with Crippen LogP contribution in [0.15, 0.2) is 23.0 Å². The van der Waals surface area contributed by atoms with Crippen LogP contribution in [0.1, 0.15) is 24.7 Å². The third kappa shape index (κ3) is 3.07. The van der Waals surface area contributed by atoms with E-state index in [1.807, 2.05) is 25.1 Å². The molecule has 0 aliphatic carbocycles. The Morgan fingerprint density at radius 1 is 1.24 bits per heavy atom. The molecule has 2 aromatic rings. The van der Waals surface area contributed by atoms with Gasteiger partial charge in [0.1, 0.15) is 17.3 Å². The van der Waals surface area contributed by atoms with Gasteiger partial charge in [0.25, 0.3) is 5.56 Å². The van der Waals surface area contributed by atoms with E-state index in [-0.39, 0.29) is 5.56 Å². The van der Waals surface area contributed by atoms with Gasteiger partial charge in [0, 0.05) is 17.5 Å². The number of hydrogen-bond donors (Lipinski definition) is 1.